The van der Waals surface area contributed by atoms with E-state index in [4.69, 9.17) is 0 Å². The number of hydrogen-bond donors (Lipinski definition) is 2. The van der Waals surface area contributed by atoms with E-state index in [1.165, 1.54) is 0 Å². The zero-order chi connectivity index (χ0) is 18.1. The number of likely N-dealkylation sites (tertiary alicyclic amines) is 1. The van der Waals surface area contributed by atoms with Crippen LogP contribution in [0.4, 0.5) is 0 Å². The fraction of sp³-hybridized carbons (Fsp3) is 0.421. The number of imidazole rings is 1. The van der Waals surface area contributed by atoms with Crippen LogP contribution in [0.2, 0.25) is 0 Å². The largest absolute Gasteiger partial charge is 0.508 e. The van der Waals surface area contributed by atoms with Gasteiger partial charge in [-0.05, 0) is 30.5 Å². The Hall–Kier alpha value is -2.83. The van der Waals surface area contributed by atoms with E-state index in [2.05, 4.69) is 9.97 Å². The monoisotopic (exact) mass is 354 g/mol. The second kappa shape index (κ2) is 6.82. The number of aromatic hydroxyl groups is 1. The molecule has 7 heteroatoms. The Morgan fingerprint density at radius 2 is 2.23 bits per heavy atom. The molecule has 0 bridgehead atoms. The molecule has 0 spiro atoms. The number of amides is 2. The van der Waals surface area contributed by atoms with Crippen molar-refractivity contribution in [2.24, 2.45) is 0 Å². The molecule has 2 aliphatic rings. The summed E-state index contributed by atoms with van der Waals surface area (Å²) in [6, 6.07) is 7.07. The Morgan fingerprint density at radius 1 is 1.35 bits per heavy atom. The lowest BCUT2D eigenvalue weighted by molar-refractivity contribution is -0.142. The first-order valence-electron chi connectivity index (χ1n) is 8.98. The van der Waals surface area contributed by atoms with Crippen molar-refractivity contribution in [1.82, 2.24) is 19.8 Å². The molecule has 3 heterocycles. The summed E-state index contributed by atoms with van der Waals surface area (Å²) in [6.07, 6.45) is 4.03. The molecule has 0 aliphatic carbocycles. The van der Waals surface area contributed by atoms with Gasteiger partial charge >= 0.3 is 0 Å². The number of fused-ring (bicyclic) bond motifs is 1. The molecule has 1 aromatic heterocycles. The lowest BCUT2D eigenvalue weighted by Crippen LogP contribution is -2.47. The van der Waals surface area contributed by atoms with Gasteiger partial charge in [-0.1, -0.05) is 12.1 Å². The molecule has 1 unspecified atom stereocenters. The van der Waals surface area contributed by atoms with Crippen molar-refractivity contribution in [3.63, 3.8) is 0 Å². The second-order valence-corrected chi connectivity index (χ2v) is 6.96. The van der Waals surface area contributed by atoms with Crippen molar-refractivity contribution in [1.29, 1.82) is 0 Å². The van der Waals surface area contributed by atoms with Crippen LogP contribution in [-0.4, -0.2) is 56.3 Å². The maximum atomic E-state index is 12.8. The van der Waals surface area contributed by atoms with Crippen molar-refractivity contribution in [3.8, 4) is 5.75 Å². The summed E-state index contributed by atoms with van der Waals surface area (Å²) in [4.78, 5) is 35.8. The maximum Gasteiger partial charge on any atom is 0.242 e. The molecule has 1 atom stereocenters. The number of H-pyrrole nitrogens is 1. The van der Waals surface area contributed by atoms with Gasteiger partial charge in [-0.3, -0.25) is 9.59 Å². The Kier molecular flexibility index (Phi) is 4.36. The van der Waals surface area contributed by atoms with E-state index in [1.54, 1.807) is 34.3 Å². The Labute approximate surface area is 151 Å². The van der Waals surface area contributed by atoms with Crippen LogP contribution in [-0.2, 0) is 16.1 Å². The van der Waals surface area contributed by atoms with Crippen LogP contribution in [0.1, 0.15) is 42.1 Å². The quantitative estimate of drug-likeness (QED) is 0.876. The van der Waals surface area contributed by atoms with E-state index in [0.717, 1.165) is 29.8 Å². The van der Waals surface area contributed by atoms with Gasteiger partial charge in [-0.2, -0.15) is 0 Å². The van der Waals surface area contributed by atoms with E-state index in [0.29, 0.717) is 26.1 Å². The number of carbonyl (C=O) groups is 2. The van der Waals surface area contributed by atoms with Crippen molar-refractivity contribution >= 4 is 11.8 Å². The van der Waals surface area contributed by atoms with Crippen molar-refractivity contribution in [3.05, 3.63) is 47.5 Å². The first-order valence-corrected chi connectivity index (χ1v) is 8.98. The summed E-state index contributed by atoms with van der Waals surface area (Å²) >= 11 is 0. The van der Waals surface area contributed by atoms with E-state index < -0.39 is 0 Å². The molecule has 7 nitrogen and oxygen atoms in total. The summed E-state index contributed by atoms with van der Waals surface area (Å²) in [6.45, 7) is 1.74. The zero-order valence-corrected chi connectivity index (χ0v) is 14.5. The normalized spacial score (nSPS) is 20.2. The molecular weight excluding hydrogens is 332 g/mol. The minimum absolute atomic E-state index is 0.0503. The maximum absolute atomic E-state index is 12.8. The highest BCUT2D eigenvalue weighted by atomic mass is 16.3. The molecule has 2 aromatic rings. The van der Waals surface area contributed by atoms with E-state index in [1.807, 2.05) is 6.07 Å². The number of piperidine rings is 1. The SMILES string of the molecule is O=C1CCCCN1CC(=O)N1Cc2[nH]cnc2C(c2cccc(O)c2)C1. The Bertz CT molecular complexity index is 832. The highest BCUT2D eigenvalue weighted by Gasteiger charge is 2.32. The molecule has 136 valence electrons. The van der Waals surface area contributed by atoms with Gasteiger partial charge in [0.2, 0.25) is 11.8 Å². The fourth-order valence-corrected chi connectivity index (χ4v) is 3.81. The highest BCUT2D eigenvalue weighted by molar-refractivity contribution is 5.85. The molecule has 1 saturated heterocycles. The van der Waals surface area contributed by atoms with Crippen LogP contribution >= 0.6 is 0 Å². The highest BCUT2D eigenvalue weighted by Crippen LogP contribution is 2.32. The lowest BCUT2D eigenvalue weighted by atomic mass is 9.90. The number of rotatable bonds is 3. The molecule has 0 saturated carbocycles. The molecule has 2 N–H and O–H groups in total. The third-order valence-corrected chi connectivity index (χ3v) is 5.21. The summed E-state index contributed by atoms with van der Waals surface area (Å²) in [5, 5.41) is 9.81. The predicted molar refractivity (Wildman–Crippen MR) is 94.4 cm³/mol. The van der Waals surface area contributed by atoms with Crippen molar-refractivity contribution in [2.75, 3.05) is 19.6 Å². The van der Waals surface area contributed by atoms with Crippen molar-refractivity contribution in [2.45, 2.75) is 31.7 Å². The first-order chi connectivity index (χ1) is 12.6. The van der Waals surface area contributed by atoms with Crippen molar-refractivity contribution < 1.29 is 14.7 Å². The number of hydrogen-bond acceptors (Lipinski definition) is 4. The number of benzene rings is 1. The number of phenolic OH excluding ortho intramolecular Hbond substituents is 1. The Balaban J connectivity index is 1.55. The molecule has 2 aliphatic heterocycles. The molecule has 2 amide bonds. The van der Waals surface area contributed by atoms with Crippen LogP contribution in [0.3, 0.4) is 0 Å². The number of phenols is 1. The number of carbonyl (C=O) groups excluding carboxylic acids is 2. The van der Waals surface area contributed by atoms with Gasteiger partial charge in [0.25, 0.3) is 0 Å². The summed E-state index contributed by atoms with van der Waals surface area (Å²) < 4.78 is 0. The smallest absolute Gasteiger partial charge is 0.242 e. The molecule has 1 fully saturated rings. The number of nitrogens with zero attached hydrogens (tertiary/aromatic N) is 3. The van der Waals surface area contributed by atoms with Gasteiger partial charge in [-0.25, -0.2) is 4.98 Å². The lowest BCUT2D eigenvalue weighted by Gasteiger charge is -2.34. The average molecular weight is 354 g/mol. The predicted octanol–water partition coefficient (Wildman–Crippen LogP) is 1.60. The summed E-state index contributed by atoms with van der Waals surface area (Å²) in [5.41, 5.74) is 2.74. The van der Waals surface area contributed by atoms with Gasteiger partial charge < -0.3 is 19.9 Å². The minimum atomic E-state index is -0.0990. The summed E-state index contributed by atoms with van der Waals surface area (Å²) in [7, 11) is 0. The number of aromatic amines is 1. The molecule has 0 radical (unpaired) electrons. The molecular formula is C19H22N4O3. The average Bonchev–Trinajstić information content (AvgIpc) is 3.11. The molecule has 26 heavy (non-hydrogen) atoms. The number of nitrogens with one attached hydrogen (secondary N) is 1. The van der Waals surface area contributed by atoms with Crippen LogP contribution in [0.25, 0.3) is 0 Å². The topological polar surface area (TPSA) is 89.5 Å². The standard InChI is InChI=1S/C19H22N4O3/c24-14-5-3-4-13(8-14)15-9-23(10-16-19(15)21-12-20-16)18(26)11-22-7-2-1-6-17(22)25/h3-5,8,12,15,24H,1-2,6-7,9-11H2,(H,20,21). The first kappa shape index (κ1) is 16.6. The molecule has 1 aromatic carbocycles. The van der Waals surface area contributed by atoms with E-state index in [9.17, 15) is 14.7 Å². The van der Waals surface area contributed by atoms with Gasteiger partial charge in [0.05, 0.1) is 30.8 Å². The van der Waals surface area contributed by atoms with Gasteiger partial charge in [-0.15, -0.1) is 0 Å². The van der Waals surface area contributed by atoms with E-state index >= 15 is 0 Å². The van der Waals surface area contributed by atoms with Crippen LogP contribution in [0.15, 0.2) is 30.6 Å². The van der Waals surface area contributed by atoms with Crippen LogP contribution < -0.4 is 0 Å². The Morgan fingerprint density at radius 3 is 3.04 bits per heavy atom. The summed E-state index contributed by atoms with van der Waals surface area (Å²) in [5.74, 6) is 0.110. The fourth-order valence-electron chi connectivity index (χ4n) is 3.81. The third-order valence-electron chi connectivity index (χ3n) is 5.21. The van der Waals surface area contributed by atoms with Gasteiger partial charge in [0.1, 0.15) is 5.75 Å². The second-order valence-electron chi connectivity index (χ2n) is 6.96. The van der Waals surface area contributed by atoms with Crippen LogP contribution in [0, 0.1) is 0 Å². The molecule has 4 rings (SSSR count). The van der Waals surface area contributed by atoms with Gasteiger partial charge in [0, 0.05) is 25.4 Å². The minimum Gasteiger partial charge on any atom is -0.508 e. The zero-order valence-electron chi connectivity index (χ0n) is 14.5. The van der Waals surface area contributed by atoms with Gasteiger partial charge in [0.15, 0.2) is 0 Å². The van der Waals surface area contributed by atoms with Crippen LogP contribution in [0.5, 0.6) is 5.75 Å². The van der Waals surface area contributed by atoms with E-state index in [-0.39, 0.29) is 30.0 Å². The third kappa shape index (κ3) is 3.16. The number of aromatic nitrogens is 2.